The van der Waals surface area contributed by atoms with Gasteiger partial charge in [0.1, 0.15) is 4.87 Å². The molecule has 0 unspecified atom stereocenters. The van der Waals surface area contributed by atoms with Gasteiger partial charge >= 0.3 is 0 Å². The molecule has 0 spiro atoms. The van der Waals surface area contributed by atoms with Gasteiger partial charge in [-0.2, -0.15) is 5.17 Å². The Kier molecular flexibility index (Phi) is 2.86. The molecule has 0 aromatic rings. The van der Waals surface area contributed by atoms with Crippen molar-refractivity contribution in [2.24, 2.45) is 0 Å². The molecule has 0 saturated carbocycles. The molecule has 0 atom stereocenters. The summed E-state index contributed by atoms with van der Waals surface area (Å²) < 4.78 is 0. The Morgan fingerprint density at radius 1 is 1.07 bits per heavy atom. The lowest BCUT2D eigenvalue weighted by Gasteiger charge is -2.58. The Labute approximate surface area is 85.4 Å². The fourth-order valence-corrected chi connectivity index (χ4v) is 3.02. The molecular formula is C10H20N2O2. The number of nitrogens with zero attached hydrogens (tertiary/aromatic N) is 2. The van der Waals surface area contributed by atoms with Crippen LogP contribution in [0.4, 0.5) is 0 Å². The van der Waals surface area contributed by atoms with E-state index in [9.17, 15) is 10.1 Å². The molecule has 4 nitrogen and oxygen atoms in total. The first-order chi connectivity index (χ1) is 6.56. The van der Waals surface area contributed by atoms with Crippen molar-refractivity contribution in [3.05, 3.63) is 10.1 Å². The average Bonchev–Trinajstić information content (AvgIpc) is 2.24. The zero-order chi connectivity index (χ0) is 11.0. The highest BCUT2D eigenvalue weighted by atomic mass is 16.6. The van der Waals surface area contributed by atoms with Crippen LogP contribution in [-0.4, -0.2) is 21.1 Å². The summed E-state index contributed by atoms with van der Waals surface area (Å²) in [7, 11) is 0. The molecule has 0 amide bonds. The van der Waals surface area contributed by atoms with E-state index in [-0.39, 0.29) is 0 Å². The van der Waals surface area contributed by atoms with Crippen LogP contribution >= 0.6 is 0 Å². The lowest BCUT2D eigenvalue weighted by molar-refractivity contribution is -0.858. The maximum Gasteiger partial charge on any atom is 0.269 e. The first-order valence-electron chi connectivity index (χ1n) is 5.51. The van der Waals surface area contributed by atoms with Crippen molar-refractivity contribution in [3.63, 3.8) is 0 Å². The fourth-order valence-electron chi connectivity index (χ4n) is 3.02. The maximum absolute atomic E-state index is 11.6. The molecule has 1 aliphatic rings. The second-order valence-corrected chi connectivity index (χ2v) is 4.02. The monoisotopic (exact) mass is 200 g/mol. The van der Waals surface area contributed by atoms with E-state index < -0.39 is 11.1 Å². The van der Waals surface area contributed by atoms with Crippen LogP contribution in [0.5, 0.6) is 0 Å². The van der Waals surface area contributed by atoms with Crippen molar-refractivity contribution in [2.75, 3.05) is 0 Å². The highest BCUT2D eigenvalue weighted by molar-refractivity contribution is 5.08. The van der Waals surface area contributed by atoms with Gasteiger partial charge in [-0.1, -0.05) is 27.7 Å². The Hall–Kier alpha value is -0.640. The van der Waals surface area contributed by atoms with Gasteiger partial charge < -0.3 is 5.21 Å². The third-order valence-electron chi connectivity index (χ3n) is 4.10. The molecule has 1 fully saturated rings. The largest absolute Gasteiger partial charge is 0.704 e. The number of hydrazine groups is 1. The van der Waals surface area contributed by atoms with Gasteiger partial charge in [-0.15, -0.1) is 0 Å². The van der Waals surface area contributed by atoms with Crippen LogP contribution in [0.3, 0.4) is 0 Å². The smallest absolute Gasteiger partial charge is 0.269 e. The number of nitroso groups, excluding NO2 is 1. The molecule has 4 heteroatoms. The Bertz CT molecular complexity index is 232. The molecule has 0 radical (unpaired) electrons. The molecule has 0 aromatic carbocycles. The first-order valence-corrected chi connectivity index (χ1v) is 5.51. The van der Waals surface area contributed by atoms with Gasteiger partial charge in [0.05, 0.1) is 4.91 Å². The normalized spacial score (nSPS) is 23.5. The molecule has 1 aliphatic heterocycles. The van der Waals surface area contributed by atoms with Crippen LogP contribution in [0, 0.1) is 10.1 Å². The molecule has 1 saturated heterocycles. The first kappa shape index (κ1) is 11.4. The van der Waals surface area contributed by atoms with E-state index in [1.807, 2.05) is 27.7 Å². The summed E-state index contributed by atoms with van der Waals surface area (Å²) in [4.78, 5) is 12.2. The predicted molar refractivity (Wildman–Crippen MR) is 55.5 cm³/mol. The number of hydroxylamine groups is 1. The van der Waals surface area contributed by atoms with Gasteiger partial charge in [-0.05, 0) is 12.8 Å². The van der Waals surface area contributed by atoms with Crippen LogP contribution in [0.25, 0.3) is 0 Å². The minimum atomic E-state index is -0.460. The lowest BCUT2D eigenvalue weighted by Crippen LogP contribution is -2.80. The third-order valence-corrected chi connectivity index (χ3v) is 4.10. The zero-order valence-electron chi connectivity index (χ0n) is 9.54. The van der Waals surface area contributed by atoms with Gasteiger partial charge in [0, 0.05) is 12.8 Å². The predicted octanol–water partition coefficient (Wildman–Crippen LogP) is 2.61. The Morgan fingerprint density at radius 3 is 1.71 bits per heavy atom. The number of hydrogen-bond donors (Lipinski definition) is 0. The van der Waals surface area contributed by atoms with E-state index in [0.29, 0.717) is 10.0 Å². The summed E-state index contributed by atoms with van der Waals surface area (Å²) in [6, 6.07) is 0. The van der Waals surface area contributed by atoms with Crippen LogP contribution < -0.4 is 0 Å². The third kappa shape index (κ3) is 0.922. The molecular weight excluding hydrogens is 180 g/mol. The summed E-state index contributed by atoms with van der Waals surface area (Å²) in [5.41, 5.74) is -0.920. The van der Waals surface area contributed by atoms with E-state index in [0.717, 1.165) is 25.7 Å². The standard InChI is InChI=1S/C10H20N2O2/c1-5-9(6-2)10(7-3,8-4)12(14)11(9)13/h5-8H2,1-4H3. The minimum Gasteiger partial charge on any atom is -0.704 e. The summed E-state index contributed by atoms with van der Waals surface area (Å²) in [6.45, 7) is 7.95. The highest BCUT2D eigenvalue weighted by Gasteiger charge is 2.73. The van der Waals surface area contributed by atoms with E-state index in [1.54, 1.807) is 0 Å². The Balaban J connectivity index is 3.09. The SMILES string of the molecule is CCC1(CC)N([O-])[N+](=O)C1(CC)CC. The molecule has 0 N–H and O–H groups in total. The van der Waals surface area contributed by atoms with Crippen molar-refractivity contribution < 1.29 is 4.87 Å². The second-order valence-electron chi connectivity index (χ2n) is 4.02. The lowest BCUT2D eigenvalue weighted by atomic mass is 9.66. The second kappa shape index (κ2) is 3.50. The van der Waals surface area contributed by atoms with Crippen LogP contribution in [-0.2, 0) is 0 Å². The van der Waals surface area contributed by atoms with E-state index >= 15 is 0 Å². The summed E-state index contributed by atoms with van der Waals surface area (Å²) in [5.74, 6) is 0. The van der Waals surface area contributed by atoms with Gasteiger partial charge in [0.25, 0.3) is 5.54 Å². The summed E-state index contributed by atoms with van der Waals surface area (Å²) in [5, 5.41) is 12.2. The minimum absolute atomic E-state index is 0.460. The maximum atomic E-state index is 11.6. The van der Waals surface area contributed by atoms with Crippen molar-refractivity contribution in [1.29, 1.82) is 0 Å². The van der Waals surface area contributed by atoms with E-state index in [2.05, 4.69) is 0 Å². The quantitative estimate of drug-likeness (QED) is 0.655. The Morgan fingerprint density at radius 2 is 1.50 bits per heavy atom. The van der Waals surface area contributed by atoms with E-state index in [4.69, 9.17) is 0 Å². The van der Waals surface area contributed by atoms with Gasteiger partial charge in [-0.25, -0.2) is 0 Å². The zero-order valence-corrected chi connectivity index (χ0v) is 9.54. The van der Waals surface area contributed by atoms with E-state index in [1.165, 1.54) is 0 Å². The van der Waals surface area contributed by atoms with Crippen molar-refractivity contribution in [3.8, 4) is 0 Å². The number of hydrogen-bond acceptors (Lipinski definition) is 2. The molecule has 0 aliphatic carbocycles. The van der Waals surface area contributed by atoms with Crippen molar-refractivity contribution >= 4 is 0 Å². The highest BCUT2D eigenvalue weighted by Crippen LogP contribution is 2.50. The molecule has 0 aromatic heterocycles. The van der Waals surface area contributed by atoms with Crippen molar-refractivity contribution in [1.82, 2.24) is 5.17 Å². The van der Waals surface area contributed by atoms with Gasteiger partial charge in [-0.3, -0.25) is 0 Å². The van der Waals surface area contributed by atoms with Crippen LogP contribution in [0.1, 0.15) is 53.4 Å². The summed E-state index contributed by atoms with van der Waals surface area (Å²) in [6.07, 6.45) is 2.97. The van der Waals surface area contributed by atoms with Gasteiger partial charge in [0.15, 0.2) is 5.54 Å². The van der Waals surface area contributed by atoms with Crippen LogP contribution in [0.2, 0.25) is 0 Å². The van der Waals surface area contributed by atoms with Gasteiger partial charge in [0.2, 0.25) is 0 Å². The molecule has 82 valence electrons. The molecule has 1 rings (SSSR count). The van der Waals surface area contributed by atoms with Crippen molar-refractivity contribution in [2.45, 2.75) is 64.5 Å². The molecule has 1 heterocycles. The average molecular weight is 200 g/mol. The molecule has 0 bridgehead atoms. The summed E-state index contributed by atoms with van der Waals surface area (Å²) >= 11 is 0. The molecule has 14 heavy (non-hydrogen) atoms. The fraction of sp³-hybridized carbons (Fsp3) is 1.00. The van der Waals surface area contributed by atoms with Crippen LogP contribution in [0.15, 0.2) is 0 Å². The number of rotatable bonds is 4. The topological polar surface area (TPSA) is 46.4 Å².